The highest BCUT2D eigenvalue weighted by Crippen LogP contribution is 2.44. The molecule has 0 aliphatic heterocycles. The molecule has 1 unspecified atom stereocenters. The maximum absolute atomic E-state index is 9.95. The lowest BCUT2D eigenvalue weighted by Gasteiger charge is -2.38. The molecular formula is C19H26O3. The van der Waals surface area contributed by atoms with Gasteiger partial charge in [0.2, 0.25) is 0 Å². The highest BCUT2D eigenvalue weighted by Gasteiger charge is 2.37. The fourth-order valence-electron chi connectivity index (χ4n) is 3.40. The molecule has 1 aliphatic carbocycles. The highest BCUT2D eigenvalue weighted by atomic mass is 16.5. The zero-order chi connectivity index (χ0) is 16.4. The summed E-state index contributed by atoms with van der Waals surface area (Å²) in [6.45, 7) is 6.08. The maximum Gasteiger partial charge on any atom is 0.189 e. The van der Waals surface area contributed by atoms with Crippen molar-refractivity contribution in [1.82, 2.24) is 0 Å². The number of benzene rings is 1. The summed E-state index contributed by atoms with van der Waals surface area (Å²) < 4.78 is 0. The zero-order valence-corrected chi connectivity index (χ0v) is 13.6. The molecule has 3 N–H and O–H groups in total. The summed E-state index contributed by atoms with van der Waals surface area (Å²) in [6.07, 6.45) is 7.00. The molecule has 120 valence electrons. The van der Waals surface area contributed by atoms with Gasteiger partial charge in [-0.1, -0.05) is 44.6 Å². The van der Waals surface area contributed by atoms with E-state index < -0.39 is 5.79 Å². The quantitative estimate of drug-likeness (QED) is 0.725. The minimum absolute atomic E-state index is 0.153. The van der Waals surface area contributed by atoms with Crippen LogP contribution in [-0.2, 0) is 5.41 Å². The Labute approximate surface area is 132 Å². The van der Waals surface area contributed by atoms with Gasteiger partial charge in [-0.3, -0.25) is 0 Å². The number of hydrogen-bond donors (Lipinski definition) is 3. The van der Waals surface area contributed by atoms with E-state index >= 15 is 0 Å². The number of hydrogen-bond acceptors (Lipinski definition) is 3. The van der Waals surface area contributed by atoms with Gasteiger partial charge in [0.15, 0.2) is 5.79 Å². The standard InChI is InChI=1S/C19H26O3/c1-4-11-18(5-2,15-6-8-17(20)9-7-15)16-10-12-19(21,22)14(3)13-16/h6-10,13,20-22H,4-5,11-12H2,1-3H3. The van der Waals surface area contributed by atoms with Crippen molar-refractivity contribution >= 4 is 0 Å². The zero-order valence-electron chi connectivity index (χ0n) is 13.6. The first-order valence-corrected chi connectivity index (χ1v) is 7.99. The van der Waals surface area contributed by atoms with E-state index in [1.807, 2.05) is 24.3 Å². The van der Waals surface area contributed by atoms with Crippen LogP contribution < -0.4 is 0 Å². The van der Waals surface area contributed by atoms with Gasteiger partial charge >= 0.3 is 0 Å². The molecule has 0 heterocycles. The highest BCUT2D eigenvalue weighted by molar-refractivity contribution is 5.46. The van der Waals surface area contributed by atoms with Crippen LogP contribution in [0.1, 0.15) is 52.0 Å². The van der Waals surface area contributed by atoms with Crippen LogP contribution in [-0.4, -0.2) is 21.1 Å². The minimum atomic E-state index is -1.73. The molecule has 1 atom stereocenters. The Morgan fingerprint density at radius 3 is 2.27 bits per heavy atom. The lowest BCUT2D eigenvalue weighted by molar-refractivity contribution is -0.125. The van der Waals surface area contributed by atoms with Crippen LogP contribution in [0, 0.1) is 0 Å². The Hall–Kier alpha value is -1.58. The van der Waals surface area contributed by atoms with E-state index in [9.17, 15) is 15.3 Å². The number of aliphatic hydroxyl groups is 2. The second-order valence-electron chi connectivity index (χ2n) is 6.24. The van der Waals surface area contributed by atoms with Crippen molar-refractivity contribution in [3.8, 4) is 5.75 Å². The fourth-order valence-corrected chi connectivity index (χ4v) is 3.40. The van der Waals surface area contributed by atoms with E-state index in [2.05, 4.69) is 13.8 Å². The van der Waals surface area contributed by atoms with Crippen molar-refractivity contribution in [2.45, 2.75) is 57.7 Å². The second kappa shape index (κ2) is 6.27. The van der Waals surface area contributed by atoms with Gasteiger partial charge in [0, 0.05) is 11.8 Å². The smallest absolute Gasteiger partial charge is 0.189 e. The number of allylic oxidation sites excluding steroid dienone is 2. The molecule has 0 aromatic heterocycles. The van der Waals surface area contributed by atoms with Gasteiger partial charge in [0.1, 0.15) is 5.75 Å². The predicted octanol–water partition coefficient (Wildman–Crippen LogP) is 3.80. The summed E-state index contributed by atoms with van der Waals surface area (Å²) in [5.41, 5.74) is 2.73. The largest absolute Gasteiger partial charge is 0.508 e. The summed E-state index contributed by atoms with van der Waals surface area (Å²) in [5.74, 6) is -1.47. The predicted molar refractivity (Wildman–Crippen MR) is 88.6 cm³/mol. The molecule has 0 saturated heterocycles. The van der Waals surface area contributed by atoms with Gasteiger partial charge in [-0.25, -0.2) is 0 Å². The minimum Gasteiger partial charge on any atom is -0.508 e. The molecule has 1 aromatic carbocycles. The molecular weight excluding hydrogens is 276 g/mol. The summed E-state index contributed by atoms with van der Waals surface area (Å²) in [6, 6.07) is 7.38. The van der Waals surface area contributed by atoms with Gasteiger partial charge in [-0.15, -0.1) is 0 Å². The second-order valence-corrected chi connectivity index (χ2v) is 6.24. The van der Waals surface area contributed by atoms with Gasteiger partial charge in [-0.05, 0) is 48.6 Å². The van der Waals surface area contributed by atoms with Gasteiger partial charge in [-0.2, -0.15) is 0 Å². The van der Waals surface area contributed by atoms with Gasteiger partial charge in [0.25, 0.3) is 0 Å². The first kappa shape index (κ1) is 16.8. The molecule has 0 amide bonds. The van der Waals surface area contributed by atoms with E-state index in [1.54, 1.807) is 19.1 Å². The number of rotatable bonds is 5. The Morgan fingerprint density at radius 2 is 1.77 bits per heavy atom. The van der Waals surface area contributed by atoms with Crippen LogP contribution in [0.25, 0.3) is 0 Å². The van der Waals surface area contributed by atoms with Crippen molar-refractivity contribution in [3.63, 3.8) is 0 Å². The number of phenolic OH excluding ortho intramolecular Hbond substituents is 1. The van der Waals surface area contributed by atoms with Crippen molar-refractivity contribution in [2.24, 2.45) is 0 Å². The number of aromatic hydroxyl groups is 1. The topological polar surface area (TPSA) is 60.7 Å². The van der Waals surface area contributed by atoms with Crippen LogP contribution >= 0.6 is 0 Å². The molecule has 22 heavy (non-hydrogen) atoms. The van der Waals surface area contributed by atoms with Crippen LogP contribution in [0.15, 0.2) is 47.6 Å². The SMILES string of the molecule is CCCC(CC)(C1=CCC(O)(O)C(C)=C1)c1ccc(O)cc1. The Bertz CT molecular complexity index is 581. The average Bonchev–Trinajstić information content (AvgIpc) is 2.49. The third kappa shape index (κ3) is 2.96. The van der Waals surface area contributed by atoms with Gasteiger partial charge < -0.3 is 15.3 Å². The van der Waals surface area contributed by atoms with Crippen LogP contribution in [0.2, 0.25) is 0 Å². The summed E-state index contributed by atoms with van der Waals surface area (Å²) in [7, 11) is 0. The first-order chi connectivity index (χ1) is 10.4. The van der Waals surface area contributed by atoms with Crippen LogP contribution in [0.4, 0.5) is 0 Å². The summed E-state index contributed by atoms with van der Waals surface area (Å²) in [5, 5.41) is 29.4. The van der Waals surface area contributed by atoms with Crippen molar-refractivity contribution in [3.05, 3.63) is 53.1 Å². The normalized spacial score (nSPS) is 20.0. The molecule has 1 aliphatic rings. The molecule has 1 aromatic rings. The average molecular weight is 302 g/mol. The van der Waals surface area contributed by atoms with E-state index in [0.717, 1.165) is 30.4 Å². The molecule has 3 heteroatoms. The van der Waals surface area contributed by atoms with E-state index in [1.165, 1.54) is 0 Å². The van der Waals surface area contributed by atoms with E-state index in [0.29, 0.717) is 5.57 Å². The Morgan fingerprint density at radius 1 is 1.14 bits per heavy atom. The molecule has 2 rings (SSSR count). The molecule has 0 radical (unpaired) electrons. The van der Waals surface area contributed by atoms with E-state index in [4.69, 9.17) is 0 Å². The monoisotopic (exact) mass is 302 g/mol. The third-order valence-corrected chi connectivity index (χ3v) is 4.86. The molecule has 0 spiro atoms. The number of phenols is 1. The van der Waals surface area contributed by atoms with Gasteiger partial charge in [0.05, 0.1) is 0 Å². The van der Waals surface area contributed by atoms with E-state index in [-0.39, 0.29) is 17.6 Å². The first-order valence-electron chi connectivity index (χ1n) is 7.99. The summed E-state index contributed by atoms with van der Waals surface area (Å²) in [4.78, 5) is 0. The molecule has 0 fully saturated rings. The third-order valence-electron chi connectivity index (χ3n) is 4.86. The van der Waals surface area contributed by atoms with Crippen LogP contribution in [0.3, 0.4) is 0 Å². The van der Waals surface area contributed by atoms with Crippen molar-refractivity contribution < 1.29 is 15.3 Å². The maximum atomic E-state index is 9.95. The molecule has 3 nitrogen and oxygen atoms in total. The molecule has 0 saturated carbocycles. The summed E-state index contributed by atoms with van der Waals surface area (Å²) >= 11 is 0. The Kier molecular flexibility index (Phi) is 4.78. The van der Waals surface area contributed by atoms with Crippen molar-refractivity contribution in [2.75, 3.05) is 0 Å². The fraction of sp³-hybridized carbons (Fsp3) is 0.474. The lowest BCUT2D eigenvalue weighted by Crippen LogP contribution is -2.35. The Balaban J connectivity index is 2.51. The van der Waals surface area contributed by atoms with Crippen LogP contribution in [0.5, 0.6) is 5.75 Å². The molecule has 0 bridgehead atoms. The van der Waals surface area contributed by atoms with Crippen molar-refractivity contribution in [1.29, 1.82) is 0 Å². The lowest BCUT2D eigenvalue weighted by atomic mass is 9.67.